The maximum absolute atomic E-state index is 10.7. The first kappa shape index (κ1) is 122. The van der Waals surface area contributed by atoms with Crippen LogP contribution in [0.15, 0.2) is 426 Å². The molecule has 0 heterocycles. The molecule has 0 aliphatic heterocycles. The molecule has 133 heavy (non-hydrogen) atoms. The van der Waals surface area contributed by atoms with Gasteiger partial charge in [0.1, 0.15) is 37.1 Å². The molecule has 0 spiro atoms. The second-order valence-corrected chi connectivity index (χ2v) is 47.9. The van der Waals surface area contributed by atoms with E-state index in [4.69, 9.17) is 38.9 Å². The molecule has 0 saturated carbocycles. The zero-order valence-electron chi connectivity index (χ0n) is 70.2. The molecule has 14 aromatic rings. The molecule has 1 N–H and O–H groups in total. The SMILES string of the molecule is C=Cc1ccc(CC([CH2-])[PH+](c2ccccc2)c2ccccc2)cc1.C=Cc1ccc(CC([CH2-])[PH+](c2ccccc2)c2ccccc2)cc1.O=S(=O)(O)C(F)(F)F.O=S(=O)([O-])C(F)(F)F.O=S(=O)([O-])C(F)(F)F.[Ag].[Au+].[Au].[Cl][Au].[Cl][Au].c1ccc(P(CP(c2ccccc2)c2ccccc2)c2ccccc2)cc1.c1ccc([PH+](C[PH+](c2ccccc2)c2ccccc2)c2ccccc2)cc1. The number of halogens is 11. The van der Waals surface area contributed by atoms with Gasteiger partial charge < -0.3 is 23.0 Å². The second kappa shape index (κ2) is 64.0. The Balaban J connectivity index is 0.000000414. The van der Waals surface area contributed by atoms with Gasteiger partial charge >= 0.3 is 107 Å². The fraction of sp³-hybridized carbons (Fsp3) is 0.0909. The van der Waals surface area contributed by atoms with Crippen LogP contribution in [-0.2, 0) is 150 Å². The molecule has 722 valence electrons. The zero-order valence-corrected chi connectivity index (χ0v) is 90.1. The molecule has 2 radical (unpaired) electrons. The summed E-state index contributed by atoms with van der Waals surface area (Å²) in [5.41, 5.74) is -11.1. The molecule has 9 nitrogen and oxygen atoms in total. The molecule has 0 aromatic heterocycles. The Morgan fingerprint density at radius 1 is 0.331 bits per heavy atom. The number of alkyl halides is 9. The van der Waals surface area contributed by atoms with Gasteiger partial charge in [-0.1, -0.05) is 341 Å². The minimum atomic E-state index is -6.09. The van der Waals surface area contributed by atoms with Crippen LogP contribution in [-0.4, -0.2) is 78.6 Å². The molecule has 0 bridgehead atoms. The number of hydrogen-bond donors (Lipinski definition) is 1. The Bertz CT molecular complexity index is 5100. The third-order valence-corrected chi connectivity index (χ3v) is 39.3. The van der Waals surface area contributed by atoms with Crippen molar-refractivity contribution >= 4 is 172 Å². The average Bonchev–Trinajstić information content (AvgIpc) is 0.851. The summed E-state index contributed by atoms with van der Waals surface area (Å²) >= 11 is 3.50. The minimum absolute atomic E-state index is 0. The number of hydrogen-bond acceptors (Lipinski definition) is 8. The van der Waals surface area contributed by atoms with Crippen LogP contribution in [0.25, 0.3) is 12.2 Å². The van der Waals surface area contributed by atoms with Crippen molar-refractivity contribution in [2.45, 2.75) is 40.7 Å². The predicted molar refractivity (Wildman–Crippen MR) is 529 cm³/mol. The summed E-state index contributed by atoms with van der Waals surface area (Å²) in [6.45, 7) is 16.8. The van der Waals surface area contributed by atoms with E-state index >= 15 is 0 Å². The van der Waals surface area contributed by atoms with Crippen molar-refractivity contribution in [3.8, 4) is 0 Å². The van der Waals surface area contributed by atoms with E-state index < -0.39 is 94.4 Å². The fourth-order valence-corrected chi connectivity index (χ4v) is 32.6. The average molecular weight is 2850 g/mol. The van der Waals surface area contributed by atoms with Crippen LogP contribution in [0, 0.1) is 13.8 Å². The third-order valence-electron chi connectivity index (χ3n) is 18.8. The van der Waals surface area contributed by atoms with E-state index in [0.717, 1.165) is 24.0 Å². The summed E-state index contributed by atoms with van der Waals surface area (Å²) in [5, 5.41) is 17.5. The monoisotopic (exact) mass is 2840 g/mol. The van der Waals surface area contributed by atoms with Crippen molar-refractivity contribution in [1.82, 2.24) is 0 Å². The van der Waals surface area contributed by atoms with Crippen LogP contribution in [0.5, 0.6) is 0 Å². The van der Waals surface area contributed by atoms with E-state index in [1.807, 2.05) is 12.2 Å². The van der Waals surface area contributed by atoms with E-state index in [2.05, 4.69) is 458 Å². The van der Waals surface area contributed by atoms with Crippen LogP contribution in [0.2, 0.25) is 0 Å². The Morgan fingerprint density at radius 3 is 0.639 bits per heavy atom. The van der Waals surface area contributed by atoms with Gasteiger partial charge in [0.25, 0.3) is 0 Å². The Morgan fingerprint density at radius 2 is 0.489 bits per heavy atom. The summed E-state index contributed by atoms with van der Waals surface area (Å²) in [6, 6.07) is 149. The van der Waals surface area contributed by atoms with Crippen molar-refractivity contribution in [3.05, 3.63) is 462 Å². The van der Waals surface area contributed by atoms with Crippen molar-refractivity contribution in [2.75, 3.05) is 11.8 Å². The maximum Gasteiger partial charge on any atom is 0.174 e. The molecule has 0 amide bonds. The number of benzene rings is 14. The van der Waals surface area contributed by atoms with Crippen molar-refractivity contribution in [2.24, 2.45) is 0 Å². The molecule has 2 unspecified atom stereocenters. The smallest absolute Gasteiger partial charge is 0.0622 e. The first-order chi connectivity index (χ1) is 62.1. The standard InChI is InChI=1S/2C25H22P2.2C23H22P.3CHF3O3S.Ag.4Au.2ClH/c2*1-5-13-22(14-6-1)26(23-15-7-2-8-16-23)21-27(24-17-9-3-10-18-24)25-19-11-4-12-20-25;2*1-3-20-14-16-21(17-15-20)18-19(2)24(22-10-6-4-7-11-22)23-12-8-5-9-13-23;3*2-1(3,4)8(5,6)7;;;;;;;/h2*1-20H,21H2;2*3-17,19H,1-2,18H2;3*(H,5,6,7);;;;;;2*1H/q;;2*-1;;;;;;3*+1;;. The molecule has 0 fully saturated rings. The third kappa shape index (κ3) is 43.0. The molecule has 14 rings (SSSR count). The summed E-state index contributed by atoms with van der Waals surface area (Å²) in [4.78, 5) is 0. The normalized spacial score (nSPS) is 11.5. The van der Waals surface area contributed by atoms with E-state index in [1.54, 1.807) is 40.0 Å². The van der Waals surface area contributed by atoms with Crippen LogP contribution < -0.4 is 63.7 Å². The number of rotatable bonds is 24. The summed E-state index contributed by atoms with van der Waals surface area (Å²) in [7, 11) is -13.2. The van der Waals surface area contributed by atoms with Gasteiger partial charge in [-0.15, -0.1) is 0 Å². The first-order valence-corrected chi connectivity index (χ1v) is 58.4. The largest absolute Gasteiger partial charge is 0.174 e. The fourth-order valence-electron chi connectivity index (χ4n) is 12.8. The molecule has 0 saturated heterocycles. The van der Waals surface area contributed by atoms with E-state index in [0.29, 0.717) is 11.3 Å². The predicted octanol–water partition coefficient (Wildman–Crippen LogP) is 21.6. The molecule has 14 aromatic carbocycles. The van der Waals surface area contributed by atoms with Crippen molar-refractivity contribution in [1.29, 1.82) is 0 Å². The summed E-state index contributed by atoms with van der Waals surface area (Å²) in [5.74, 6) is 2.42. The molecule has 34 heteroatoms. The van der Waals surface area contributed by atoms with Crippen LogP contribution in [0.3, 0.4) is 0 Å². The topological polar surface area (TPSA) is 169 Å². The van der Waals surface area contributed by atoms with Crippen molar-refractivity contribution in [3.63, 3.8) is 0 Å². The Hall–Kier alpha value is -5.48. The quantitative estimate of drug-likeness (QED) is 0.0155. The van der Waals surface area contributed by atoms with Gasteiger partial charge in [0.05, 0.1) is 21.2 Å². The first-order valence-electron chi connectivity index (χ1n) is 39.2. The molecular weight excluding hydrogens is 2750 g/mol. The Labute approximate surface area is 862 Å². The zero-order chi connectivity index (χ0) is 95.2. The second-order valence-electron chi connectivity index (χ2n) is 27.6. The molecule has 0 aliphatic rings. The van der Waals surface area contributed by atoms with Gasteiger partial charge in [0.2, 0.25) is 0 Å². The van der Waals surface area contributed by atoms with Gasteiger partial charge in [0, 0.05) is 66.5 Å². The van der Waals surface area contributed by atoms with Gasteiger partial charge in [-0.3, -0.25) is 4.55 Å². The molecule has 0 aliphatic carbocycles. The van der Waals surface area contributed by atoms with Crippen molar-refractivity contribution < 1.29 is 186 Å². The van der Waals surface area contributed by atoms with E-state index in [9.17, 15) is 39.5 Å². The molecular formula is C99H93AgAu4Cl2F9O9P6S3+. The van der Waals surface area contributed by atoms with Gasteiger partial charge in [-0.25, -0.2) is 16.8 Å². The van der Waals surface area contributed by atoms with E-state index in [1.165, 1.54) is 86.6 Å². The van der Waals surface area contributed by atoms with Gasteiger partial charge in [-0.05, 0) is 181 Å². The minimum Gasteiger partial charge on any atom is -0.0622 e. The van der Waals surface area contributed by atoms with Gasteiger partial charge in [-0.2, -0.15) is 47.9 Å². The van der Waals surface area contributed by atoms with E-state index in [-0.39, 0.29) is 67.1 Å². The maximum atomic E-state index is 10.7. The summed E-state index contributed by atoms with van der Waals surface area (Å²) < 4.78 is 175. The van der Waals surface area contributed by atoms with Crippen LogP contribution >= 0.6 is 65.9 Å². The van der Waals surface area contributed by atoms with Crippen LogP contribution in [0.1, 0.15) is 22.3 Å². The summed E-state index contributed by atoms with van der Waals surface area (Å²) in [6.07, 6.45) is 5.76. The Kier molecular flexibility index (Phi) is 58.5. The van der Waals surface area contributed by atoms with Crippen LogP contribution in [0.4, 0.5) is 39.5 Å². The molecule has 2 atom stereocenters. The van der Waals surface area contributed by atoms with Gasteiger partial charge in [0.15, 0.2) is 26.1 Å².